The topological polar surface area (TPSA) is 239 Å². The molecule has 2 atom stereocenters. The maximum absolute atomic E-state index is 13.5. The number of aromatic nitrogens is 2. The molecule has 0 aliphatic heterocycles. The highest BCUT2D eigenvalue weighted by Crippen LogP contribution is 2.37. The molecule has 16 nitrogen and oxygen atoms in total. The van der Waals surface area contributed by atoms with Crippen molar-refractivity contribution in [1.82, 2.24) is 25.9 Å². The molecule has 2 aliphatic carbocycles. The van der Waals surface area contributed by atoms with Gasteiger partial charge in [-0.2, -0.15) is 26.3 Å². The first-order valence-corrected chi connectivity index (χ1v) is 26.0. The molecule has 2 aromatic heterocycles. The summed E-state index contributed by atoms with van der Waals surface area (Å²) in [6, 6.07) is 24.3. The summed E-state index contributed by atoms with van der Waals surface area (Å²) in [6.45, 7) is 0.378. The van der Waals surface area contributed by atoms with Crippen molar-refractivity contribution in [2.24, 2.45) is 17.6 Å². The number of aliphatic hydroxyl groups is 2. The van der Waals surface area contributed by atoms with Crippen molar-refractivity contribution in [3.05, 3.63) is 165 Å². The van der Waals surface area contributed by atoms with Crippen molar-refractivity contribution in [2.45, 2.75) is 64.0 Å². The monoisotopic (exact) mass is 1160 g/mol. The van der Waals surface area contributed by atoms with E-state index in [9.17, 15) is 45.5 Å². The molecule has 0 saturated carbocycles. The average Bonchev–Trinajstić information content (AvgIpc) is 3.44. The van der Waals surface area contributed by atoms with E-state index < -0.39 is 35.3 Å². The number of alkyl halides is 7. The van der Waals surface area contributed by atoms with Crippen LogP contribution in [0.5, 0.6) is 23.0 Å². The largest absolute Gasteiger partial charge is 0.457 e. The van der Waals surface area contributed by atoms with Gasteiger partial charge >= 0.3 is 12.4 Å². The normalized spacial score (nSPS) is 14.6. The summed E-state index contributed by atoms with van der Waals surface area (Å²) in [4.78, 5) is 57.7. The van der Waals surface area contributed by atoms with E-state index in [0.29, 0.717) is 72.4 Å². The molecule has 2 unspecified atom stereocenters. The van der Waals surface area contributed by atoms with Crippen molar-refractivity contribution in [2.75, 3.05) is 49.8 Å². The number of carbonyl (C=O) groups is 4. The number of aliphatic hydroxyl groups excluding tert-OH is 2. The smallest absolute Gasteiger partial charge is 0.416 e. The zero-order valence-electron chi connectivity index (χ0n) is 43.0. The molecule has 0 saturated heterocycles. The molecule has 9 N–H and O–H groups in total. The first-order valence-electron chi connectivity index (χ1n) is 24.9. The second-order valence-electron chi connectivity index (χ2n) is 18.2. The lowest BCUT2D eigenvalue weighted by atomic mass is 9.83. The van der Waals surface area contributed by atoms with E-state index in [1.165, 1.54) is 50.8 Å². The van der Waals surface area contributed by atoms with Crippen molar-refractivity contribution in [3.63, 3.8) is 0 Å². The van der Waals surface area contributed by atoms with Crippen LogP contribution in [0.1, 0.15) is 78.3 Å². The highest BCUT2D eigenvalue weighted by atomic mass is 79.9. The number of anilines is 2. The molecule has 2 aliphatic rings. The van der Waals surface area contributed by atoms with E-state index in [1.54, 1.807) is 12.1 Å². The van der Waals surface area contributed by atoms with Gasteiger partial charge in [-0.05, 0) is 145 Å². The lowest BCUT2D eigenvalue weighted by Gasteiger charge is -2.25. The molecule has 420 valence electrons. The van der Waals surface area contributed by atoms with Gasteiger partial charge in [-0.3, -0.25) is 29.1 Å². The van der Waals surface area contributed by atoms with E-state index in [-0.39, 0.29) is 84.8 Å². The summed E-state index contributed by atoms with van der Waals surface area (Å²) in [6.07, 6.45) is -2.91. The molecule has 6 aromatic rings. The molecule has 2 heterocycles. The number of hydrogen-bond donors (Lipinski definition) is 8. The third-order valence-corrected chi connectivity index (χ3v) is 12.9. The van der Waals surface area contributed by atoms with E-state index >= 15 is 0 Å². The fraction of sp³-hybridized carbons (Fsp3) is 0.321. The molecule has 0 spiro atoms. The van der Waals surface area contributed by atoms with Crippen molar-refractivity contribution in [1.29, 1.82) is 0 Å². The van der Waals surface area contributed by atoms with Crippen LogP contribution in [0.4, 0.5) is 37.7 Å². The Kier molecular flexibility index (Phi) is 21.9. The van der Waals surface area contributed by atoms with Crippen LogP contribution in [0.3, 0.4) is 0 Å². The third-order valence-electron chi connectivity index (χ3n) is 12.5. The minimum Gasteiger partial charge on any atom is -0.457 e. The SMILES string of the molecule is CNC(=O)c1cc(Oc2ccc3c(c2)CC(C(=O)Nc2cc(CN)cc(C(F)(F)F)c2)CC3)ccn1.CNC(=O)c1cc(Oc2ccc3c(c2)CC(C(=O)Nc2cc(CNCCO)cc(C(F)(F)F)c2)CC3)ccn1.OCCBr. The molecule has 8 rings (SSSR count). The first kappa shape index (κ1) is 60.8. The van der Waals surface area contributed by atoms with Gasteiger partial charge < -0.3 is 52.0 Å². The third kappa shape index (κ3) is 17.8. The Morgan fingerprint density at radius 3 is 1.44 bits per heavy atom. The lowest BCUT2D eigenvalue weighted by molar-refractivity contribution is -0.138. The second-order valence-corrected chi connectivity index (χ2v) is 19.0. The van der Waals surface area contributed by atoms with Crippen molar-refractivity contribution in [3.8, 4) is 23.0 Å². The summed E-state index contributed by atoms with van der Waals surface area (Å²) in [7, 11) is 3.02. The number of hydrogen-bond acceptors (Lipinski definition) is 12. The average molecular weight is 1170 g/mol. The van der Waals surface area contributed by atoms with Gasteiger partial charge in [0.25, 0.3) is 11.8 Å². The Morgan fingerprint density at radius 1 is 0.608 bits per heavy atom. The molecule has 4 amide bonds. The van der Waals surface area contributed by atoms with Crippen LogP contribution in [0.25, 0.3) is 0 Å². The number of amides is 4. The van der Waals surface area contributed by atoms with Gasteiger partial charge in [0.05, 0.1) is 24.3 Å². The summed E-state index contributed by atoms with van der Waals surface area (Å²) in [5.41, 5.74) is 9.03. The Hall–Kier alpha value is -7.44. The number of pyridine rings is 2. The van der Waals surface area contributed by atoms with Gasteiger partial charge in [-0.25, -0.2) is 0 Å². The van der Waals surface area contributed by atoms with Crippen molar-refractivity contribution >= 4 is 50.9 Å². The van der Waals surface area contributed by atoms with Crippen LogP contribution in [0, 0.1) is 11.8 Å². The van der Waals surface area contributed by atoms with Crippen molar-refractivity contribution < 1.29 is 65.2 Å². The summed E-state index contributed by atoms with van der Waals surface area (Å²) < 4.78 is 91.9. The summed E-state index contributed by atoms with van der Waals surface area (Å²) >= 11 is 3.00. The van der Waals surface area contributed by atoms with Gasteiger partial charge in [-0.15, -0.1) is 0 Å². The summed E-state index contributed by atoms with van der Waals surface area (Å²) in [5.74, 6) is -0.285. The van der Waals surface area contributed by atoms with Crippen LogP contribution >= 0.6 is 15.9 Å². The highest BCUT2D eigenvalue weighted by molar-refractivity contribution is 9.09. The van der Waals surface area contributed by atoms with Gasteiger partial charge in [0.2, 0.25) is 11.8 Å². The second kappa shape index (κ2) is 28.4. The standard InChI is InChI=1S/C28H29F3N4O4.C26H25F3N4O3.C2H5BrO/c1-32-27(38)25-15-24(6-7-34-25)39-23-5-4-18-2-3-19(12-20(18)13-23)26(37)35-22-11-17(16-33-8-9-36)10-21(14-22)28(29,30)31;1-31-25(35)23-13-22(6-7-32-23)36-21-5-4-16-2-3-17(10-18(16)11-21)24(34)33-20-9-15(14-30)8-19(12-20)26(27,28)29;3-1-2-4/h4-7,10-11,13-15,19,33,36H,2-3,8-9,12,16H2,1H3,(H,32,38)(H,35,37);4-9,11-13,17H,2-3,10,14,30H2,1H3,(H,31,35)(H,33,34);4H,1-2H2. The number of rotatable bonds is 16. The van der Waals surface area contributed by atoms with Gasteiger partial charge in [0, 0.05) is 86.8 Å². The molecule has 4 aromatic carbocycles. The predicted molar refractivity (Wildman–Crippen MR) is 287 cm³/mol. The molecule has 0 bridgehead atoms. The quantitative estimate of drug-likeness (QED) is 0.0258. The molecular weight excluding hydrogens is 1110 g/mol. The maximum Gasteiger partial charge on any atom is 0.416 e. The molecule has 0 radical (unpaired) electrons. The first-order chi connectivity index (χ1) is 37.7. The number of aryl methyl sites for hydroxylation is 2. The Balaban J connectivity index is 0.000000240. The number of nitrogens with two attached hydrogens (primary N) is 1. The van der Waals surface area contributed by atoms with Gasteiger partial charge in [-0.1, -0.05) is 28.1 Å². The van der Waals surface area contributed by atoms with Crippen LogP contribution in [0.2, 0.25) is 0 Å². The van der Waals surface area contributed by atoms with Gasteiger partial charge in [0.1, 0.15) is 34.4 Å². The number of halogens is 7. The highest BCUT2D eigenvalue weighted by Gasteiger charge is 2.34. The maximum atomic E-state index is 13.5. The van der Waals surface area contributed by atoms with Crippen LogP contribution in [-0.4, -0.2) is 83.0 Å². The minimum absolute atomic E-state index is 0.0720. The number of nitrogens with one attached hydrogen (secondary N) is 5. The zero-order chi connectivity index (χ0) is 57.3. The van der Waals surface area contributed by atoms with Crippen LogP contribution in [-0.2, 0) is 60.7 Å². The van der Waals surface area contributed by atoms with E-state index in [0.717, 1.165) is 46.5 Å². The van der Waals surface area contributed by atoms with Crippen LogP contribution in [0.15, 0.2) is 109 Å². The summed E-state index contributed by atoms with van der Waals surface area (Å²) in [5, 5.41) is 30.6. The van der Waals surface area contributed by atoms with Crippen LogP contribution < -0.4 is 41.8 Å². The molecular formula is C56H59BrF6N8O8. The van der Waals surface area contributed by atoms with E-state index in [4.69, 9.17) is 25.4 Å². The number of benzene rings is 4. The fourth-order valence-corrected chi connectivity index (χ4v) is 8.64. The molecule has 0 fully saturated rings. The van der Waals surface area contributed by atoms with E-state index in [1.807, 2.05) is 36.4 Å². The Bertz CT molecular complexity index is 3090. The van der Waals surface area contributed by atoms with E-state index in [2.05, 4.69) is 52.5 Å². The Labute approximate surface area is 460 Å². The number of fused-ring (bicyclic) bond motifs is 2. The number of ether oxygens (including phenoxy) is 2. The number of nitrogens with zero attached hydrogens (tertiary/aromatic N) is 2. The lowest BCUT2D eigenvalue weighted by Crippen LogP contribution is -2.28. The number of carbonyl (C=O) groups excluding carboxylic acids is 4. The molecule has 79 heavy (non-hydrogen) atoms. The zero-order valence-corrected chi connectivity index (χ0v) is 44.6. The fourth-order valence-electron chi connectivity index (χ4n) is 8.64. The minimum atomic E-state index is -4.57. The predicted octanol–water partition coefficient (Wildman–Crippen LogP) is 8.91. The molecule has 23 heteroatoms. The van der Waals surface area contributed by atoms with Gasteiger partial charge in [0.15, 0.2) is 0 Å². The Morgan fingerprint density at radius 2 is 1.04 bits per heavy atom.